The number of aryl methyl sites for hydroxylation is 1. The monoisotopic (exact) mass is 407 g/mol. The van der Waals surface area contributed by atoms with Gasteiger partial charge in [-0.25, -0.2) is 13.2 Å². The van der Waals surface area contributed by atoms with E-state index in [-0.39, 0.29) is 17.0 Å². The minimum Gasteiger partial charge on any atom is -0.478 e. The van der Waals surface area contributed by atoms with Crippen LogP contribution >= 0.6 is 11.9 Å². The van der Waals surface area contributed by atoms with Crippen LogP contribution in [0.1, 0.15) is 55.1 Å². The van der Waals surface area contributed by atoms with Crippen LogP contribution in [0.15, 0.2) is 52.3 Å². The van der Waals surface area contributed by atoms with E-state index < -0.39 is 16.0 Å². The molecule has 0 radical (unpaired) electrons. The molecule has 0 aliphatic heterocycles. The summed E-state index contributed by atoms with van der Waals surface area (Å²) in [7, 11) is -3.82. The number of carboxylic acid groups (broad SMARTS) is 1. The van der Waals surface area contributed by atoms with E-state index in [0.717, 1.165) is 16.8 Å². The Morgan fingerprint density at radius 1 is 1.11 bits per heavy atom. The maximum Gasteiger partial charge on any atom is 0.336 e. The molecule has 0 spiro atoms. The maximum absolute atomic E-state index is 13.0. The third kappa shape index (κ3) is 4.91. The van der Waals surface area contributed by atoms with Gasteiger partial charge in [0.05, 0.1) is 10.5 Å². The highest BCUT2D eigenvalue weighted by Crippen LogP contribution is 2.31. The van der Waals surface area contributed by atoms with Gasteiger partial charge in [0.25, 0.3) is 10.0 Å². The van der Waals surface area contributed by atoms with E-state index in [2.05, 4.69) is 13.8 Å². The molecule has 27 heavy (non-hydrogen) atoms. The van der Waals surface area contributed by atoms with Crippen LogP contribution in [0, 0.1) is 0 Å². The van der Waals surface area contributed by atoms with Crippen molar-refractivity contribution in [3.63, 3.8) is 0 Å². The van der Waals surface area contributed by atoms with Crippen molar-refractivity contribution in [2.75, 3.05) is 6.54 Å². The molecule has 0 fully saturated rings. The van der Waals surface area contributed by atoms with Crippen LogP contribution in [0.5, 0.6) is 0 Å². The smallest absolute Gasteiger partial charge is 0.336 e. The van der Waals surface area contributed by atoms with Gasteiger partial charge in [-0.2, -0.15) is 0 Å². The van der Waals surface area contributed by atoms with Crippen LogP contribution in [-0.2, 0) is 16.4 Å². The largest absolute Gasteiger partial charge is 0.478 e. The molecule has 0 saturated carbocycles. The molecule has 2 aromatic rings. The molecule has 0 heterocycles. The lowest BCUT2D eigenvalue weighted by molar-refractivity contribution is 0.0695. The topological polar surface area (TPSA) is 74.7 Å². The minimum absolute atomic E-state index is 0.00903. The number of carbonyl (C=O) groups is 1. The molecule has 2 rings (SSSR count). The first-order valence-electron chi connectivity index (χ1n) is 8.87. The molecular weight excluding hydrogens is 382 g/mol. The van der Waals surface area contributed by atoms with Crippen molar-refractivity contribution >= 4 is 27.9 Å². The van der Waals surface area contributed by atoms with Crippen molar-refractivity contribution in [1.29, 1.82) is 0 Å². The van der Waals surface area contributed by atoms with E-state index in [4.69, 9.17) is 0 Å². The van der Waals surface area contributed by atoms with Gasteiger partial charge in [0.2, 0.25) is 0 Å². The SMILES string of the molecule is CCc1ccc(S(=O)(=O)N(CC)Sc2ccc(C(C)C)cc2)cc1C(=O)O. The molecule has 0 saturated heterocycles. The van der Waals surface area contributed by atoms with Gasteiger partial charge < -0.3 is 5.11 Å². The van der Waals surface area contributed by atoms with Gasteiger partial charge in [-0.3, -0.25) is 0 Å². The fourth-order valence-electron chi connectivity index (χ4n) is 2.66. The number of benzene rings is 2. The summed E-state index contributed by atoms with van der Waals surface area (Å²) in [6.07, 6.45) is 0.524. The Morgan fingerprint density at radius 2 is 1.74 bits per heavy atom. The summed E-state index contributed by atoms with van der Waals surface area (Å²) in [6, 6.07) is 12.1. The summed E-state index contributed by atoms with van der Waals surface area (Å²) >= 11 is 1.13. The molecule has 5 nitrogen and oxygen atoms in total. The molecule has 0 unspecified atom stereocenters. The Morgan fingerprint density at radius 3 is 2.22 bits per heavy atom. The number of hydrogen-bond donors (Lipinski definition) is 1. The molecule has 0 atom stereocenters. The van der Waals surface area contributed by atoms with Crippen LogP contribution < -0.4 is 0 Å². The molecule has 0 aliphatic carbocycles. The Bertz CT molecular complexity index is 906. The lowest BCUT2D eigenvalue weighted by atomic mass is 10.0. The summed E-state index contributed by atoms with van der Waals surface area (Å²) in [5.41, 5.74) is 1.83. The van der Waals surface area contributed by atoms with Crippen molar-refractivity contribution in [1.82, 2.24) is 3.71 Å². The predicted molar refractivity (Wildman–Crippen MR) is 109 cm³/mol. The molecule has 0 aliphatic rings. The van der Waals surface area contributed by atoms with Gasteiger partial charge in [0.1, 0.15) is 0 Å². The first-order chi connectivity index (χ1) is 12.7. The first-order valence-corrected chi connectivity index (χ1v) is 11.1. The number of hydrogen-bond acceptors (Lipinski definition) is 4. The van der Waals surface area contributed by atoms with Crippen molar-refractivity contribution in [3.8, 4) is 0 Å². The zero-order valence-corrected chi connectivity index (χ0v) is 17.6. The number of nitrogens with zero attached hydrogens (tertiary/aromatic N) is 1. The summed E-state index contributed by atoms with van der Waals surface area (Å²) in [6.45, 7) is 8.06. The lowest BCUT2D eigenvalue weighted by Crippen LogP contribution is -2.24. The van der Waals surface area contributed by atoms with Gasteiger partial charge in [0, 0.05) is 11.4 Å². The molecule has 0 amide bonds. The van der Waals surface area contributed by atoms with E-state index in [1.165, 1.54) is 21.4 Å². The molecule has 7 heteroatoms. The number of rotatable bonds is 8. The third-order valence-corrected chi connectivity index (χ3v) is 7.67. The van der Waals surface area contributed by atoms with Gasteiger partial charge in [0.15, 0.2) is 0 Å². The predicted octanol–water partition coefficient (Wildman–Crippen LogP) is 4.79. The van der Waals surface area contributed by atoms with E-state index in [9.17, 15) is 18.3 Å². The Labute approximate surface area is 165 Å². The van der Waals surface area contributed by atoms with Crippen LogP contribution in [0.4, 0.5) is 0 Å². The normalized spacial score (nSPS) is 11.9. The highest BCUT2D eigenvalue weighted by Gasteiger charge is 2.26. The van der Waals surface area contributed by atoms with Gasteiger partial charge in [-0.15, -0.1) is 3.71 Å². The molecule has 0 aromatic heterocycles. The van der Waals surface area contributed by atoms with Crippen molar-refractivity contribution < 1.29 is 18.3 Å². The van der Waals surface area contributed by atoms with E-state index >= 15 is 0 Å². The third-order valence-electron chi connectivity index (χ3n) is 4.27. The highest BCUT2D eigenvalue weighted by molar-refractivity contribution is 8.08. The summed E-state index contributed by atoms with van der Waals surface area (Å²) < 4.78 is 27.3. The number of sulfonamides is 1. The molecule has 2 aromatic carbocycles. The second-order valence-electron chi connectivity index (χ2n) is 6.42. The van der Waals surface area contributed by atoms with Crippen molar-refractivity contribution in [3.05, 3.63) is 59.2 Å². The fourth-order valence-corrected chi connectivity index (χ4v) is 5.27. The number of carboxylic acids is 1. The van der Waals surface area contributed by atoms with E-state index in [1.54, 1.807) is 13.0 Å². The van der Waals surface area contributed by atoms with Gasteiger partial charge in [-0.1, -0.05) is 45.9 Å². The second-order valence-corrected chi connectivity index (χ2v) is 9.60. The van der Waals surface area contributed by atoms with Gasteiger partial charge >= 0.3 is 5.97 Å². The average molecular weight is 408 g/mol. The number of aromatic carboxylic acids is 1. The lowest BCUT2D eigenvalue weighted by Gasteiger charge is -2.20. The molecule has 146 valence electrons. The van der Waals surface area contributed by atoms with Crippen LogP contribution in [0.25, 0.3) is 0 Å². The standard InChI is InChI=1S/C20H25NO4S2/c1-5-15-9-12-18(13-19(15)20(22)23)27(24,25)21(6-2)26-17-10-7-16(8-11-17)14(3)4/h7-14H,5-6H2,1-4H3,(H,22,23). The molecule has 1 N–H and O–H groups in total. The van der Waals surface area contributed by atoms with E-state index in [0.29, 0.717) is 17.9 Å². The zero-order valence-electron chi connectivity index (χ0n) is 16.0. The van der Waals surface area contributed by atoms with Crippen LogP contribution in [0.3, 0.4) is 0 Å². The molecule has 0 bridgehead atoms. The quantitative estimate of drug-likeness (QED) is 0.637. The maximum atomic E-state index is 13.0. The average Bonchev–Trinajstić information content (AvgIpc) is 2.65. The van der Waals surface area contributed by atoms with E-state index in [1.807, 2.05) is 31.2 Å². The van der Waals surface area contributed by atoms with Gasteiger partial charge in [-0.05, 0) is 59.7 Å². The Hall–Kier alpha value is -1.83. The van der Waals surface area contributed by atoms with Crippen molar-refractivity contribution in [2.45, 2.75) is 49.8 Å². The minimum atomic E-state index is -3.82. The summed E-state index contributed by atoms with van der Waals surface area (Å²) in [4.78, 5) is 12.3. The summed E-state index contributed by atoms with van der Waals surface area (Å²) in [5.74, 6) is -0.717. The second kappa shape index (κ2) is 8.91. The highest BCUT2D eigenvalue weighted by atomic mass is 32.3. The Kier molecular flexibility index (Phi) is 7.08. The fraction of sp³-hybridized carbons (Fsp3) is 0.350. The van der Waals surface area contributed by atoms with Crippen molar-refractivity contribution in [2.24, 2.45) is 0 Å². The molecular formula is C20H25NO4S2. The zero-order chi connectivity index (χ0) is 20.2. The summed E-state index contributed by atoms with van der Waals surface area (Å²) in [5, 5.41) is 9.38. The Balaban J connectivity index is 2.35. The first kappa shape index (κ1) is 21.5. The van der Waals surface area contributed by atoms with Crippen LogP contribution in [-0.4, -0.2) is 29.7 Å². The van der Waals surface area contributed by atoms with Crippen LogP contribution in [0.2, 0.25) is 0 Å².